The van der Waals surface area contributed by atoms with E-state index < -0.39 is 5.67 Å². The SMILES string of the molecule is CCC1(F)CCCNCC1. The summed E-state index contributed by atoms with van der Waals surface area (Å²) in [5.74, 6) is 0. The zero-order valence-electron chi connectivity index (χ0n) is 6.62. The third kappa shape index (κ3) is 1.94. The molecule has 0 spiro atoms. The molecule has 1 saturated heterocycles. The van der Waals surface area contributed by atoms with E-state index >= 15 is 0 Å². The molecule has 0 aliphatic carbocycles. The second kappa shape index (κ2) is 3.33. The maximum atomic E-state index is 13.5. The molecular weight excluding hydrogens is 129 g/mol. The number of halogens is 1. The number of rotatable bonds is 1. The van der Waals surface area contributed by atoms with E-state index in [-0.39, 0.29) is 0 Å². The van der Waals surface area contributed by atoms with Gasteiger partial charge in [0, 0.05) is 0 Å². The van der Waals surface area contributed by atoms with Crippen molar-refractivity contribution < 1.29 is 4.39 Å². The Labute approximate surface area is 62.0 Å². The zero-order chi connectivity index (χ0) is 7.45. The van der Waals surface area contributed by atoms with Crippen molar-refractivity contribution in [2.24, 2.45) is 0 Å². The van der Waals surface area contributed by atoms with E-state index in [0.717, 1.165) is 25.9 Å². The van der Waals surface area contributed by atoms with Crippen molar-refractivity contribution in [1.29, 1.82) is 0 Å². The van der Waals surface area contributed by atoms with Gasteiger partial charge >= 0.3 is 0 Å². The molecule has 0 bridgehead atoms. The van der Waals surface area contributed by atoms with E-state index in [9.17, 15) is 4.39 Å². The average molecular weight is 145 g/mol. The summed E-state index contributed by atoms with van der Waals surface area (Å²) in [6.45, 7) is 3.78. The Morgan fingerprint density at radius 2 is 2.20 bits per heavy atom. The third-order valence-corrected chi connectivity index (χ3v) is 2.36. The summed E-state index contributed by atoms with van der Waals surface area (Å²) in [5.41, 5.74) is -0.858. The van der Waals surface area contributed by atoms with Crippen molar-refractivity contribution in [2.75, 3.05) is 13.1 Å². The van der Waals surface area contributed by atoms with Gasteiger partial charge in [-0.05, 0) is 38.8 Å². The van der Waals surface area contributed by atoms with E-state index in [1.807, 2.05) is 6.92 Å². The van der Waals surface area contributed by atoms with Gasteiger partial charge in [0.25, 0.3) is 0 Å². The van der Waals surface area contributed by atoms with Gasteiger partial charge in [-0.1, -0.05) is 6.92 Å². The molecular formula is C8H16FN. The van der Waals surface area contributed by atoms with Crippen LogP contribution in [0.3, 0.4) is 0 Å². The molecule has 0 aromatic rings. The maximum absolute atomic E-state index is 13.5. The van der Waals surface area contributed by atoms with Crippen molar-refractivity contribution in [3.8, 4) is 0 Å². The largest absolute Gasteiger partial charge is 0.317 e. The van der Waals surface area contributed by atoms with Gasteiger partial charge in [0.15, 0.2) is 0 Å². The molecule has 1 fully saturated rings. The predicted octanol–water partition coefficient (Wildman–Crippen LogP) is 1.88. The Hall–Kier alpha value is -0.110. The molecule has 1 aliphatic rings. The van der Waals surface area contributed by atoms with Crippen molar-refractivity contribution >= 4 is 0 Å². The molecule has 0 radical (unpaired) electrons. The highest BCUT2D eigenvalue weighted by atomic mass is 19.1. The lowest BCUT2D eigenvalue weighted by molar-refractivity contribution is 0.139. The van der Waals surface area contributed by atoms with E-state index in [1.54, 1.807) is 0 Å². The van der Waals surface area contributed by atoms with Gasteiger partial charge in [-0.15, -0.1) is 0 Å². The molecule has 1 unspecified atom stereocenters. The molecule has 60 valence electrons. The minimum absolute atomic E-state index is 0.675. The summed E-state index contributed by atoms with van der Waals surface area (Å²) in [6.07, 6.45) is 3.11. The van der Waals surface area contributed by atoms with Gasteiger partial charge in [0.2, 0.25) is 0 Å². The van der Waals surface area contributed by atoms with Crippen LogP contribution < -0.4 is 5.32 Å². The topological polar surface area (TPSA) is 12.0 Å². The molecule has 1 aliphatic heterocycles. The third-order valence-electron chi connectivity index (χ3n) is 2.36. The number of hydrogen-bond donors (Lipinski definition) is 1. The molecule has 0 aromatic carbocycles. The Morgan fingerprint density at radius 3 is 2.90 bits per heavy atom. The van der Waals surface area contributed by atoms with Gasteiger partial charge in [-0.25, -0.2) is 4.39 Å². The van der Waals surface area contributed by atoms with Crippen molar-refractivity contribution in [3.05, 3.63) is 0 Å². The first kappa shape index (κ1) is 7.99. The molecule has 10 heavy (non-hydrogen) atoms. The Balaban J connectivity index is 2.41. The standard InChI is InChI=1S/C8H16FN/c1-2-8(9)4-3-6-10-7-5-8/h10H,2-7H2,1H3. The molecule has 1 atom stereocenters. The van der Waals surface area contributed by atoms with Crippen LogP contribution in [0.2, 0.25) is 0 Å². The fraction of sp³-hybridized carbons (Fsp3) is 1.00. The first-order chi connectivity index (χ1) is 4.77. The summed E-state index contributed by atoms with van der Waals surface area (Å²) in [5, 5.41) is 3.20. The lowest BCUT2D eigenvalue weighted by Gasteiger charge is -2.20. The monoisotopic (exact) mass is 145 g/mol. The van der Waals surface area contributed by atoms with Crippen LogP contribution in [0.5, 0.6) is 0 Å². The Bertz CT molecular complexity index is 95.4. The lowest BCUT2D eigenvalue weighted by atomic mass is 9.94. The summed E-state index contributed by atoms with van der Waals surface area (Å²) in [6, 6.07) is 0. The second-order valence-corrected chi connectivity index (χ2v) is 3.11. The molecule has 0 aromatic heterocycles. The van der Waals surface area contributed by atoms with E-state index in [0.29, 0.717) is 12.8 Å². The van der Waals surface area contributed by atoms with Crippen molar-refractivity contribution in [1.82, 2.24) is 5.32 Å². The fourth-order valence-electron chi connectivity index (χ4n) is 1.45. The summed E-state index contributed by atoms with van der Waals surface area (Å²) in [4.78, 5) is 0. The quantitative estimate of drug-likeness (QED) is 0.594. The van der Waals surface area contributed by atoms with Gasteiger partial charge in [-0.3, -0.25) is 0 Å². The van der Waals surface area contributed by atoms with E-state index in [1.165, 1.54) is 0 Å². The number of hydrogen-bond acceptors (Lipinski definition) is 1. The molecule has 0 saturated carbocycles. The average Bonchev–Trinajstić information content (AvgIpc) is 2.15. The second-order valence-electron chi connectivity index (χ2n) is 3.11. The van der Waals surface area contributed by atoms with Crippen LogP contribution in [0, 0.1) is 0 Å². The first-order valence-electron chi connectivity index (χ1n) is 4.16. The highest BCUT2D eigenvalue weighted by molar-refractivity contribution is 4.81. The lowest BCUT2D eigenvalue weighted by Crippen LogP contribution is -2.23. The predicted molar refractivity (Wildman–Crippen MR) is 40.9 cm³/mol. The molecule has 1 heterocycles. The molecule has 1 nitrogen and oxygen atoms in total. The van der Waals surface area contributed by atoms with Gasteiger partial charge in [-0.2, -0.15) is 0 Å². The zero-order valence-corrected chi connectivity index (χ0v) is 6.62. The van der Waals surface area contributed by atoms with Crippen LogP contribution in [0.1, 0.15) is 32.6 Å². The number of alkyl halides is 1. The molecule has 0 amide bonds. The van der Waals surface area contributed by atoms with Crippen LogP contribution in [0.15, 0.2) is 0 Å². The van der Waals surface area contributed by atoms with Crippen LogP contribution in [0.4, 0.5) is 4.39 Å². The van der Waals surface area contributed by atoms with E-state index in [2.05, 4.69) is 5.32 Å². The summed E-state index contributed by atoms with van der Waals surface area (Å²) < 4.78 is 13.5. The van der Waals surface area contributed by atoms with Gasteiger partial charge < -0.3 is 5.32 Å². The van der Waals surface area contributed by atoms with Crippen LogP contribution in [-0.2, 0) is 0 Å². The van der Waals surface area contributed by atoms with Gasteiger partial charge in [0.05, 0.1) is 0 Å². The highest BCUT2D eigenvalue weighted by Gasteiger charge is 2.27. The molecule has 2 heteroatoms. The van der Waals surface area contributed by atoms with Crippen LogP contribution in [0.25, 0.3) is 0 Å². The van der Waals surface area contributed by atoms with Crippen LogP contribution in [-0.4, -0.2) is 18.8 Å². The normalized spacial score (nSPS) is 35.4. The van der Waals surface area contributed by atoms with Crippen molar-refractivity contribution in [2.45, 2.75) is 38.3 Å². The Kier molecular flexibility index (Phi) is 2.66. The summed E-state index contributed by atoms with van der Waals surface area (Å²) >= 11 is 0. The molecule has 1 N–H and O–H groups in total. The van der Waals surface area contributed by atoms with Gasteiger partial charge in [0.1, 0.15) is 5.67 Å². The fourth-order valence-corrected chi connectivity index (χ4v) is 1.45. The minimum Gasteiger partial charge on any atom is -0.317 e. The number of nitrogens with one attached hydrogen (secondary N) is 1. The van der Waals surface area contributed by atoms with Crippen LogP contribution >= 0.6 is 0 Å². The first-order valence-corrected chi connectivity index (χ1v) is 4.16. The molecule has 1 rings (SSSR count). The summed E-state index contributed by atoms with van der Waals surface area (Å²) in [7, 11) is 0. The van der Waals surface area contributed by atoms with Crippen molar-refractivity contribution in [3.63, 3.8) is 0 Å². The maximum Gasteiger partial charge on any atom is 0.112 e. The van der Waals surface area contributed by atoms with E-state index in [4.69, 9.17) is 0 Å². The minimum atomic E-state index is -0.858. The smallest absolute Gasteiger partial charge is 0.112 e. The Morgan fingerprint density at radius 1 is 1.40 bits per heavy atom. The highest BCUT2D eigenvalue weighted by Crippen LogP contribution is 2.27.